The number of benzene rings is 1. The van der Waals surface area contributed by atoms with E-state index in [-0.39, 0.29) is 35.1 Å². The topological polar surface area (TPSA) is 145 Å². The first-order chi connectivity index (χ1) is 16.5. The molecule has 0 saturated carbocycles. The first kappa shape index (κ1) is 22.9. The zero-order valence-corrected chi connectivity index (χ0v) is 18.5. The van der Waals surface area contributed by atoms with Gasteiger partial charge in [-0.2, -0.15) is 10.2 Å². The number of carbonyl (C=O) groups excluding carboxylic acids is 2. The van der Waals surface area contributed by atoms with Crippen LogP contribution in [0.2, 0.25) is 0 Å². The van der Waals surface area contributed by atoms with Crippen molar-refractivity contribution in [2.75, 3.05) is 31.1 Å². The van der Waals surface area contributed by atoms with Gasteiger partial charge < -0.3 is 29.5 Å². The van der Waals surface area contributed by atoms with E-state index in [2.05, 4.69) is 21.7 Å². The number of nitrogens with zero attached hydrogens (tertiary/aromatic N) is 3. The van der Waals surface area contributed by atoms with Crippen LogP contribution in [0.3, 0.4) is 0 Å². The molecule has 1 aliphatic rings. The van der Waals surface area contributed by atoms with Crippen molar-refractivity contribution in [2.45, 2.75) is 19.3 Å². The van der Waals surface area contributed by atoms with E-state index in [9.17, 15) is 20.0 Å². The Bertz CT molecular complexity index is 1170. The summed E-state index contributed by atoms with van der Waals surface area (Å²) in [5, 5.41) is 24.6. The summed E-state index contributed by atoms with van der Waals surface area (Å²) >= 11 is 0. The van der Waals surface area contributed by atoms with E-state index in [1.807, 2.05) is 4.90 Å². The van der Waals surface area contributed by atoms with Gasteiger partial charge in [-0.3, -0.25) is 9.59 Å². The van der Waals surface area contributed by atoms with E-state index in [0.717, 1.165) is 0 Å². The Hall–Kier alpha value is -4.26. The normalized spacial score (nSPS) is 13.9. The Balaban J connectivity index is 1.19. The first-order valence-electron chi connectivity index (χ1n) is 11.1. The zero-order valence-electron chi connectivity index (χ0n) is 18.5. The largest absolute Gasteiger partial charge is 0.508 e. The molecule has 0 atom stereocenters. The number of aromatic nitrogens is 1. The van der Waals surface area contributed by atoms with E-state index >= 15 is 0 Å². The van der Waals surface area contributed by atoms with Crippen LogP contribution >= 0.6 is 0 Å². The SMILES string of the molecule is N#Cc1nc(-c2ccco2)oc1N1CCC(C(=O)NCCCNC(=O)c2cccc(O)c2)CC1. The van der Waals surface area contributed by atoms with Crippen LogP contribution in [0.15, 0.2) is 51.5 Å². The number of phenolic OH excluding ortho intramolecular Hbond substituents is 1. The summed E-state index contributed by atoms with van der Waals surface area (Å²) < 4.78 is 11.1. The minimum Gasteiger partial charge on any atom is -0.508 e. The Morgan fingerprint density at radius 1 is 1.18 bits per heavy atom. The molecule has 0 bridgehead atoms. The van der Waals surface area contributed by atoms with Gasteiger partial charge in [0.15, 0.2) is 5.76 Å². The molecule has 1 saturated heterocycles. The maximum atomic E-state index is 12.5. The van der Waals surface area contributed by atoms with E-state index in [1.54, 1.807) is 24.3 Å². The highest BCUT2D eigenvalue weighted by atomic mass is 16.4. The van der Waals surface area contributed by atoms with Crippen molar-refractivity contribution < 1.29 is 23.5 Å². The summed E-state index contributed by atoms with van der Waals surface area (Å²) in [6.07, 6.45) is 3.36. The van der Waals surface area contributed by atoms with Crippen molar-refractivity contribution in [1.82, 2.24) is 15.6 Å². The fourth-order valence-electron chi connectivity index (χ4n) is 3.85. The monoisotopic (exact) mass is 463 g/mol. The van der Waals surface area contributed by atoms with Crippen LogP contribution in [0.25, 0.3) is 11.7 Å². The fourth-order valence-corrected chi connectivity index (χ4v) is 3.85. The van der Waals surface area contributed by atoms with Gasteiger partial charge in [0.25, 0.3) is 11.8 Å². The molecule has 3 heterocycles. The third kappa shape index (κ3) is 5.38. The highest BCUT2D eigenvalue weighted by Gasteiger charge is 2.29. The Kier molecular flexibility index (Phi) is 7.13. The Morgan fingerprint density at radius 2 is 1.97 bits per heavy atom. The van der Waals surface area contributed by atoms with Gasteiger partial charge in [0.05, 0.1) is 6.26 Å². The van der Waals surface area contributed by atoms with Crippen LogP contribution in [0.5, 0.6) is 5.75 Å². The van der Waals surface area contributed by atoms with E-state index in [4.69, 9.17) is 8.83 Å². The molecule has 10 heteroatoms. The van der Waals surface area contributed by atoms with Gasteiger partial charge in [-0.1, -0.05) is 6.07 Å². The number of phenols is 1. The maximum Gasteiger partial charge on any atom is 0.266 e. The predicted molar refractivity (Wildman–Crippen MR) is 122 cm³/mol. The molecule has 0 unspecified atom stereocenters. The molecule has 176 valence electrons. The number of carbonyl (C=O) groups is 2. The highest BCUT2D eigenvalue weighted by Crippen LogP contribution is 2.31. The molecule has 0 spiro atoms. The van der Waals surface area contributed by atoms with Crippen molar-refractivity contribution in [2.24, 2.45) is 5.92 Å². The summed E-state index contributed by atoms with van der Waals surface area (Å²) in [6, 6.07) is 11.6. The molecule has 34 heavy (non-hydrogen) atoms. The molecule has 4 rings (SSSR count). The minimum absolute atomic E-state index is 0.0201. The third-order valence-electron chi connectivity index (χ3n) is 5.65. The van der Waals surface area contributed by atoms with Crippen LogP contribution in [-0.2, 0) is 4.79 Å². The third-order valence-corrected chi connectivity index (χ3v) is 5.65. The lowest BCUT2D eigenvalue weighted by molar-refractivity contribution is -0.125. The molecule has 0 radical (unpaired) electrons. The van der Waals surface area contributed by atoms with E-state index in [0.29, 0.717) is 62.6 Å². The van der Waals surface area contributed by atoms with Crippen molar-refractivity contribution in [3.8, 4) is 23.5 Å². The van der Waals surface area contributed by atoms with Gasteiger partial charge >= 0.3 is 0 Å². The number of aromatic hydroxyl groups is 1. The van der Waals surface area contributed by atoms with Crippen LogP contribution < -0.4 is 15.5 Å². The molecule has 3 aromatic rings. The number of oxazole rings is 1. The van der Waals surface area contributed by atoms with Crippen molar-refractivity contribution in [1.29, 1.82) is 5.26 Å². The minimum atomic E-state index is -0.269. The second-order valence-corrected chi connectivity index (χ2v) is 7.97. The number of hydrogen-bond donors (Lipinski definition) is 3. The van der Waals surface area contributed by atoms with Crippen molar-refractivity contribution in [3.63, 3.8) is 0 Å². The van der Waals surface area contributed by atoms with Gasteiger partial charge in [0.2, 0.25) is 17.5 Å². The van der Waals surface area contributed by atoms with Gasteiger partial charge in [-0.15, -0.1) is 0 Å². The molecular formula is C24H25N5O5. The highest BCUT2D eigenvalue weighted by molar-refractivity contribution is 5.94. The lowest BCUT2D eigenvalue weighted by Gasteiger charge is -2.30. The van der Waals surface area contributed by atoms with Gasteiger partial charge in [-0.05, 0) is 49.6 Å². The number of nitrogens with one attached hydrogen (secondary N) is 2. The van der Waals surface area contributed by atoms with Crippen LogP contribution in [0, 0.1) is 17.2 Å². The predicted octanol–water partition coefficient (Wildman–Crippen LogP) is 2.66. The molecule has 10 nitrogen and oxygen atoms in total. The lowest BCUT2D eigenvalue weighted by atomic mass is 9.96. The Labute approximate surface area is 196 Å². The number of nitriles is 1. The van der Waals surface area contributed by atoms with E-state index < -0.39 is 0 Å². The van der Waals surface area contributed by atoms with Gasteiger partial charge in [-0.25, -0.2) is 0 Å². The van der Waals surface area contributed by atoms with Crippen LogP contribution in [-0.4, -0.2) is 48.1 Å². The van der Waals surface area contributed by atoms with Crippen molar-refractivity contribution in [3.05, 3.63) is 53.9 Å². The molecule has 1 fully saturated rings. The fraction of sp³-hybridized carbons (Fsp3) is 0.333. The number of anilines is 1. The first-order valence-corrected chi connectivity index (χ1v) is 11.1. The van der Waals surface area contributed by atoms with Crippen LogP contribution in [0.4, 0.5) is 5.88 Å². The van der Waals surface area contributed by atoms with Gasteiger partial charge in [0, 0.05) is 37.7 Å². The summed E-state index contributed by atoms with van der Waals surface area (Å²) in [5.74, 6) is 0.729. The molecule has 1 aromatic carbocycles. The Morgan fingerprint density at radius 3 is 2.68 bits per heavy atom. The van der Waals surface area contributed by atoms with Crippen LogP contribution in [0.1, 0.15) is 35.3 Å². The number of furan rings is 1. The smallest absolute Gasteiger partial charge is 0.266 e. The van der Waals surface area contributed by atoms with Gasteiger partial charge in [0.1, 0.15) is 11.8 Å². The molecule has 3 N–H and O–H groups in total. The summed E-state index contributed by atoms with van der Waals surface area (Å²) in [6.45, 7) is 2.00. The second kappa shape index (κ2) is 10.6. The van der Waals surface area contributed by atoms with Crippen molar-refractivity contribution >= 4 is 17.7 Å². The lowest BCUT2D eigenvalue weighted by Crippen LogP contribution is -2.41. The molecular weight excluding hydrogens is 438 g/mol. The second-order valence-electron chi connectivity index (χ2n) is 7.97. The quantitative estimate of drug-likeness (QED) is 0.433. The summed E-state index contributed by atoms with van der Waals surface area (Å²) in [4.78, 5) is 30.7. The summed E-state index contributed by atoms with van der Waals surface area (Å²) in [5.41, 5.74) is 0.584. The maximum absolute atomic E-state index is 12.5. The number of rotatable bonds is 8. The molecule has 1 aliphatic heterocycles. The molecule has 0 aliphatic carbocycles. The average molecular weight is 463 g/mol. The number of piperidine rings is 1. The van der Waals surface area contributed by atoms with E-state index in [1.165, 1.54) is 18.4 Å². The zero-order chi connectivity index (χ0) is 23.9. The number of hydrogen-bond acceptors (Lipinski definition) is 8. The molecule has 2 amide bonds. The summed E-state index contributed by atoms with van der Waals surface area (Å²) in [7, 11) is 0. The average Bonchev–Trinajstić information content (AvgIpc) is 3.54. The molecule has 2 aromatic heterocycles. The number of amides is 2. The standard InChI is InChI=1S/C24H25N5O5/c25-15-19-24(34-23(28-19)20-6-2-13-33-20)29-11-7-16(8-12-29)21(31)26-9-3-10-27-22(32)17-4-1-5-18(30)14-17/h1-2,4-6,13-14,16,30H,3,7-12H2,(H,26,31)(H,27,32).